The Morgan fingerprint density at radius 1 is 1.20 bits per heavy atom. The summed E-state index contributed by atoms with van der Waals surface area (Å²) < 4.78 is 0. The van der Waals surface area contributed by atoms with Gasteiger partial charge in [0, 0.05) is 6.21 Å². The van der Waals surface area contributed by atoms with Crippen LogP contribution in [0.5, 0.6) is 0 Å². The zero-order chi connectivity index (χ0) is 8.15. The Morgan fingerprint density at radius 2 is 1.70 bits per heavy atom. The van der Waals surface area contributed by atoms with Crippen molar-refractivity contribution in [3.63, 3.8) is 0 Å². The predicted molar refractivity (Wildman–Crippen MR) is 46.6 cm³/mol. The minimum atomic E-state index is 1.04. The lowest BCUT2D eigenvalue weighted by Gasteiger charge is -2.01. The van der Waals surface area contributed by atoms with Gasteiger partial charge in [0.05, 0.1) is 0 Å². The molecule has 0 rings (SSSR count). The quantitative estimate of drug-likeness (QED) is 0.447. The molecule has 0 amide bonds. The highest BCUT2D eigenvalue weighted by atomic mass is 14.3. The minimum Gasteiger partial charge on any atom is -0.308 e. The molecule has 0 aliphatic heterocycles. The van der Waals surface area contributed by atoms with Gasteiger partial charge in [0.2, 0.25) is 0 Å². The maximum atomic E-state index is 7.00. The average Bonchev–Trinajstić information content (AvgIpc) is 2.00. The highest BCUT2D eigenvalue weighted by Crippen LogP contribution is 2.11. The van der Waals surface area contributed by atoms with Gasteiger partial charge in [0.25, 0.3) is 0 Å². The van der Waals surface area contributed by atoms with E-state index < -0.39 is 0 Å². The van der Waals surface area contributed by atoms with E-state index in [9.17, 15) is 0 Å². The van der Waals surface area contributed by atoms with Crippen LogP contribution in [-0.2, 0) is 0 Å². The summed E-state index contributed by atoms with van der Waals surface area (Å²) in [5.41, 5.74) is 3.49. The van der Waals surface area contributed by atoms with Crippen LogP contribution < -0.4 is 0 Å². The first kappa shape index (κ1) is 9.15. The van der Waals surface area contributed by atoms with E-state index in [0.717, 1.165) is 5.57 Å². The molecule has 0 saturated heterocycles. The van der Waals surface area contributed by atoms with Crippen molar-refractivity contribution >= 4 is 6.21 Å². The zero-order valence-corrected chi connectivity index (χ0v) is 7.15. The SMILES string of the molecule is C/C=C(C)\C(C)=C(\C)C=N. The van der Waals surface area contributed by atoms with E-state index in [-0.39, 0.29) is 0 Å². The van der Waals surface area contributed by atoms with E-state index in [4.69, 9.17) is 5.41 Å². The van der Waals surface area contributed by atoms with Crippen LogP contribution in [0.4, 0.5) is 0 Å². The normalized spacial score (nSPS) is 14.6. The molecule has 0 unspecified atom stereocenters. The molecule has 1 heteroatoms. The third-order valence-corrected chi connectivity index (χ3v) is 1.83. The van der Waals surface area contributed by atoms with Crippen LogP contribution in [0.25, 0.3) is 0 Å². The lowest BCUT2D eigenvalue weighted by atomic mass is 10.0. The van der Waals surface area contributed by atoms with E-state index >= 15 is 0 Å². The lowest BCUT2D eigenvalue weighted by molar-refractivity contribution is 1.28. The number of hydrogen-bond donors (Lipinski definition) is 1. The summed E-state index contributed by atoms with van der Waals surface area (Å²) in [6.07, 6.45) is 3.45. The second-order valence-electron chi connectivity index (χ2n) is 2.42. The fourth-order valence-corrected chi connectivity index (χ4v) is 0.636. The Kier molecular flexibility index (Phi) is 3.70. The van der Waals surface area contributed by atoms with Crippen LogP contribution >= 0.6 is 0 Å². The van der Waals surface area contributed by atoms with Crippen molar-refractivity contribution in [2.24, 2.45) is 0 Å². The summed E-state index contributed by atoms with van der Waals surface area (Å²) in [6.45, 7) is 8.06. The van der Waals surface area contributed by atoms with Crippen LogP contribution in [0.15, 0.2) is 22.8 Å². The number of rotatable bonds is 2. The number of hydrogen-bond acceptors (Lipinski definition) is 1. The molecule has 0 bridgehead atoms. The van der Waals surface area contributed by atoms with E-state index in [1.807, 2.05) is 20.8 Å². The van der Waals surface area contributed by atoms with Gasteiger partial charge in [0.1, 0.15) is 0 Å². The molecule has 0 saturated carbocycles. The smallest absolute Gasteiger partial charge is 0.0209 e. The third kappa shape index (κ3) is 2.18. The summed E-state index contributed by atoms with van der Waals surface area (Å²) in [5.74, 6) is 0. The molecule has 1 nitrogen and oxygen atoms in total. The third-order valence-electron chi connectivity index (χ3n) is 1.83. The molecule has 0 spiro atoms. The second kappa shape index (κ2) is 4.04. The lowest BCUT2D eigenvalue weighted by Crippen LogP contribution is -1.85. The molecular formula is C9H15N. The molecule has 0 fully saturated rings. The van der Waals surface area contributed by atoms with Crippen LogP contribution in [0, 0.1) is 5.41 Å². The Labute approximate surface area is 63.0 Å². The van der Waals surface area contributed by atoms with Crippen molar-refractivity contribution in [1.82, 2.24) is 0 Å². The highest BCUT2D eigenvalue weighted by Gasteiger charge is 1.93. The van der Waals surface area contributed by atoms with Crippen molar-refractivity contribution in [3.05, 3.63) is 22.8 Å². The second-order valence-corrected chi connectivity index (χ2v) is 2.42. The van der Waals surface area contributed by atoms with Crippen molar-refractivity contribution in [2.45, 2.75) is 27.7 Å². The largest absolute Gasteiger partial charge is 0.308 e. The van der Waals surface area contributed by atoms with Gasteiger partial charge in [-0.25, -0.2) is 0 Å². The Balaban J connectivity index is 4.63. The topological polar surface area (TPSA) is 23.9 Å². The molecular weight excluding hydrogens is 122 g/mol. The van der Waals surface area contributed by atoms with Crippen molar-refractivity contribution in [3.8, 4) is 0 Å². The average molecular weight is 137 g/mol. The summed E-state index contributed by atoms with van der Waals surface area (Å²) in [5, 5.41) is 7.00. The molecule has 0 atom stereocenters. The predicted octanol–water partition coefficient (Wildman–Crippen LogP) is 2.94. The number of nitrogens with one attached hydrogen (secondary N) is 1. The minimum absolute atomic E-state index is 1.04. The van der Waals surface area contributed by atoms with Gasteiger partial charge in [-0.15, -0.1) is 0 Å². The van der Waals surface area contributed by atoms with Gasteiger partial charge in [0.15, 0.2) is 0 Å². The summed E-state index contributed by atoms with van der Waals surface area (Å²) >= 11 is 0. The van der Waals surface area contributed by atoms with E-state index in [2.05, 4.69) is 13.0 Å². The van der Waals surface area contributed by atoms with E-state index in [0.29, 0.717) is 0 Å². The maximum Gasteiger partial charge on any atom is 0.0209 e. The monoisotopic (exact) mass is 137 g/mol. The van der Waals surface area contributed by atoms with Crippen molar-refractivity contribution in [2.75, 3.05) is 0 Å². The Hall–Kier alpha value is -0.850. The van der Waals surface area contributed by atoms with Gasteiger partial charge in [-0.2, -0.15) is 0 Å². The van der Waals surface area contributed by atoms with Crippen LogP contribution in [-0.4, -0.2) is 6.21 Å². The summed E-state index contributed by atoms with van der Waals surface area (Å²) in [7, 11) is 0. The molecule has 1 N–H and O–H groups in total. The number of allylic oxidation sites excluding steroid dienone is 4. The van der Waals surface area contributed by atoms with Crippen LogP contribution in [0.3, 0.4) is 0 Å². The molecule has 10 heavy (non-hydrogen) atoms. The first-order valence-electron chi connectivity index (χ1n) is 3.44. The maximum absolute atomic E-state index is 7.00. The summed E-state index contributed by atoms with van der Waals surface area (Å²) in [4.78, 5) is 0. The van der Waals surface area contributed by atoms with Crippen molar-refractivity contribution < 1.29 is 0 Å². The fraction of sp³-hybridized carbons (Fsp3) is 0.444. The highest BCUT2D eigenvalue weighted by molar-refractivity contribution is 5.77. The van der Waals surface area contributed by atoms with Gasteiger partial charge in [-0.3, -0.25) is 0 Å². The molecule has 56 valence electrons. The fourth-order valence-electron chi connectivity index (χ4n) is 0.636. The van der Waals surface area contributed by atoms with Gasteiger partial charge in [-0.1, -0.05) is 11.6 Å². The van der Waals surface area contributed by atoms with Crippen LogP contribution in [0.1, 0.15) is 27.7 Å². The molecule has 0 radical (unpaired) electrons. The van der Waals surface area contributed by atoms with Crippen LogP contribution in [0.2, 0.25) is 0 Å². The van der Waals surface area contributed by atoms with E-state index in [1.54, 1.807) is 0 Å². The Bertz CT molecular complexity index is 185. The van der Waals surface area contributed by atoms with Crippen molar-refractivity contribution in [1.29, 1.82) is 5.41 Å². The first-order chi connectivity index (χ1) is 4.63. The standard InChI is InChI=1S/C9H15N/c1-5-7(2)9(4)8(3)6-10/h5-6,10H,1-4H3/b7-5-,9-8-,10-6?. The molecule has 0 aromatic rings. The van der Waals surface area contributed by atoms with Gasteiger partial charge < -0.3 is 5.41 Å². The molecule has 0 aliphatic rings. The Morgan fingerprint density at radius 3 is 2.00 bits per heavy atom. The first-order valence-corrected chi connectivity index (χ1v) is 3.44. The molecule has 0 aromatic carbocycles. The molecule has 0 aromatic heterocycles. The molecule has 0 heterocycles. The molecule has 0 aliphatic carbocycles. The summed E-state index contributed by atoms with van der Waals surface area (Å²) in [6, 6.07) is 0. The van der Waals surface area contributed by atoms with Gasteiger partial charge in [-0.05, 0) is 38.8 Å². The van der Waals surface area contributed by atoms with E-state index in [1.165, 1.54) is 17.4 Å². The van der Waals surface area contributed by atoms with Gasteiger partial charge >= 0.3 is 0 Å². The zero-order valence-electron chi connectivity index (χ0n) is 7.15.